The van der Waals surface area contributed by atoms with E-state index in [1.54, 1.807) is 12.1 Å². The lowest BCUT2D eigenvalue weighted by atomic mass is 9.94. The van der Waals surface area contributed by atoms with Gasteiger partial charge in [-0.3, -0.25) is 4.90 Å². The van der Waals surface area contributed by atoms with Crippen LogP contribution in [0.4, 0.5) is 14.6 Å². The summed E-state index contributed by atoms with van der Waals surface area (Å²) in [5, 5.41) is 26.0. The van der Waals surface area contributed by atoms with Crippen LogP contribution in [0, 0.1) is 28.9 Å². The summed E-state index contributed by atoms with van der Waals surface area (Å²) in [5.74, 6) is 0.902. The molecule has 0 unspecified atom stereocenters. The summed E-state index contributed by atoms with van der Waals surface area (Å²) in [6.07, 6.45) is 5.67. The number of nitrogens with zero attached hydrogens (tertiary/aromatic N) is 5. The van der Waals surface area contributed by atoms with Gasteiger partial charge in [0, 0.05) is 48.7 Å². The number of benzene rings is 2. The zero-order valence-electron chi connectivity index (χ0n) is 27.5. The number of hydrogen-bond acceptors (Lipinski definition) is 10. The number of aliphatic hydroxyl groups excluding tert-OH is 1. The number of aromatic nitrogens is 3. The molecule has 3 N–H and O–H groups in total. The number of aliphatic hydroxyl groups is 1. The van der Waals surface area contributed by atoms with Gasteiger partial charge in [0.1, 0.15) is 40.6 Å². The van der Waals surface area contributed by atoms with Crippen LogP contribution in [0.1, 0.15) is 44.6 Å². The van der Waals surface area contributed by atoms with E-state index in [-0.39, 0.29) is 70.6 Å². The number of fused-ring (bicyclic) bond motifs is 7. The number of halogens is 2. The Morgan fingerprint density at radius 3 is 2.80 bits per heavy atom. The van der Waals surface area contributed by atoms with Gasteiger partial charge in [-0.25, -0.2) is 13.8 Å². The molecule has 0 radical (unpaired) electrons. The number of ether oxygens (including phenoxy) is 2. The van der Waals surface area contributed by atoms with Crippen LogP contribution >= 0.6 is 0 Å². The van der Waals surface area contributed by atoms with E-state index in [1.165, 1.54) is 18.6 Å². The Morgan fingerprint density at radius 1 is 1.10 bits per heavy atom. The topological polar surface area (TPSA) is 116 Å². The van der Waals surface area contributed by atoms with Gasteiger partial charge in [-0.05, 0) is 84.9 Å². The standard InChI is InChI=1S/C37H40F2N6O4/c1-2-22-25(38)5-3-18-9-21(47)11-24(29(18)22)32-31(39)33-30-34(45-13-20-4-6-26(40-20)28(45)15-48-35(30)41-32)43-36(42-33)49-17-37(7-8-37)16-44-12-19-10-23(19)27(44)14-46/h3,5,9,11,19-20,23,26-28,40,46-47H,2,4,6-8,10,12-17H2,1H3/t19-,20+,23-,26-,27-,28-/m0/s1. The number of likely N-dealkylation sites (tertiary alicyclic amines) is 1. The van der Waals surface area contributed by atoms with Gasteiger partial charge >= 0.3 is 6.01 Å². The predicted octanol–water partition coefficient (Wildman–Crippen LogP) is 4.56. The molecule has 2 bridgehead atoms. The van der Waals surface area contributed by atoms with Crippen LogP contribution in [0.15, 0.2) is 24.3 Å². The van der Waals surface area contributed by atoms with E-state index in [9.17, 15) is 10.2 Å². The fourth-order valence-corrected chi connectivity index (χ4v) is 9.46. The molecule has 0 amide bonds. The third-order valence-corrected chi connectivity index (χ3v) is 12.3. The maximum atomic E-state index is 17.2. The normalized spacial score (nSPS) is 29.1. The number of aryl methyl sites for hydroxylation is 1. The van der Waals surface area contributed by atoms with Crippen molar-refractivity contribution in [1.29, 1.82) is 0 Å². The van der Waals surface area contributed by atoms with Crippen LogP contribution in [0.2, 0.25) is 0 Å². The van der Waals surface area contributed by atoms with Crippen LogP contribution in [0.5, 0.6) is 17.6 Å². The van der Waals surface area contributed by atoms with Gasteiger partial charge in [-0.1, -0.05) is 13.0 Å². The molecule has 0 spiro atoms. The second-order valence-electron chi connectivity index (χ2n) is 15.3. The van der Waals surface area contributed by atoms with E-state index >= 15 is 8.78 Å². The average Bonchev–Trinajstić information content (AvgIpc) is 3.99. The van der Waals surface area contributed by atoms with Crippen LogP contribution in [-0.2, 0) is 6.42 Å². The molecule has 6 heterocycles. The van der Waals surface area contributed by atoms with E-state index in [4.69, 9.17) is 24.4 Å². The minimum absolute atomic E-state index is 0.0299. The lowest BCUT2D eigenvalue weighted by molar-refractivity contribution is 0.0966. The first kappa shape index (κ1) is 30.0. The molecule has 2 aliphatic carbocycles. The fourth-order valence-electron chi connectivity index (χ4n) is 9.46. The minimum Gasteiger partial charge on any atom is -0.508 e. The number of rotatable bonds is 8. The number of phenolic OH excluding ortho intramolecular Hbond substituents is 1. The second kappa shape index (κ2) is 10.8. The highest BCUT2D eigenvalue weighted by Crippen LogP contribution is 2.54. The Kier molecular flexibility index (Phi) is 6.62. The number of aromatic hydroxyl groups is 1. The number of anilines is 1. The summed E-state index contributed by atoms with van der Waals surface area (Å²) >= 11 is 0. The second-order valence-corrected chi connectivity index (χ2v) is 15.3. The van der Waals surface area contributed by atoms with E-state index in [1.807, 2.05) is 6.92 Å². The van der Waals surface area contributed by atoms with Gasteiger partial charge in [0.2, 0.25) is 5.88 Å². The number of pyridine rings is 1. The molecule has 4 aliphatic heterocycles. The quantitative estimate of drug-likeness (QED) is 0.246. The van der Waals surface area contributed by atoms with Crippen molar-refractivity contribution in [2.24, 2.45) is 17.3 Å². The Balaban J connectivity index is 1.09. The van der Waals surface area contributed by atoms with E-state index in [2.05, 4.69) is 15.1 Å². The molecule has 3 saturated heterocycles. The summed E-state index contributed by atoms with van der Waals surface area (Å²) in [6, 6.07) is 6.71. The molecule has 10 rings (SSSR count). The lowest BCUT2D eigenvalue weighted by Gasteiger charge is -2.40. The molecular formula is C37H40F2N6O4. The van der Waals surface area contributed by atoms with Gasteiger partial charge in [0.25, 0.3) is 0 Å². The molecule has 6 aliphatic rings. The summed E-state index contributed by atoms with van der Waals surface area (Å²) in [4.78, 5) is 19.1. The monoisotopic (exact) mass is 670 g/mol. The molecule has 10 nitrogen and oxygen atoms in total. The van der Waals surface area contributed by atoms with Gasteiger partial charge < -0.3 is 29.9 Å². The third kappa shape index (κ3) is 4.70. The lowest BCUT2D eigenvalue weighted by Crippen LogP contribution is -2.60. The largest absolute Gasteiger partial charge is 0.508 e. The molecule has 2 aromatic heterocycles. The Labute approximate surface area is 282 Å². The molecule has 4 aromatic rings. The van der Waals surface area contributed by atoms with E-state index in [0.717, 1.165) is 38.8 Å². The number of nitrogens with one attached hydrogen (secondary N) is 1. The molecule has 256 valence electrons. The smallest absolute Gasteiger partial charge is 0.319 e. The molecule has 5 fully saturated rings. The van der Waals surface area contributed by atoms with E-state index < -0.39 is 11.6 Å². The highest BCUT2D eigenvalue weighted by atomic mass is 19.1. The Morgan fingerprint density at radius 2 is 1.98 bits per heavy atom. The fraction of sp³-hybridized carbons (Fsp3) is 0.541. The SMILES string of the molecule is CCc1c(F)ccc2cc(O)cc(-c3nc4c5c(nc(OCC6(CN7C[C@@H]8C[C@@H]8[C@@H]7CO)CC6)nc5c3F)N3C[C@H]5CC[C@H](N5)[C@@H]3CO4)c12. The summed E-state index contributed by atoms with van der Waals surface area (Å²) in [5.41, 5.74) is 0.600. The first-order valence-electron chi connectivity index (χ1n) is 17.8. The van der Waals surface area contributed by atoms with Crippen LogP contribution in [0.3, 0.4) is 0 Å². The Bertz CT molecular complexity index is 2030. The van der Waals surface area contributed by atoms with Gasteiger partial charge in [0.15, 0.2) is 5.82 Å². The highest BCUT2D eigenvalue weighted by Gasteiger charge is 2.55. The Hall–Kier alpha value is -3.87. The first-order chi connectivity index (χ1) is 23.8. The van der Waals surface area contributed by atoms with Crippen LogP contribution in [-0.4, -0.2) is 93.7 Å². The van der Waals surface area contributed by atoms with Crippen molar-refractivity contribution in [3.05, 3.63) is 41.5 Å². The van der Waals surface area contributed by atoms with Crippen LogP contribution in [0.25, 0.3) is 32.9 Å². The summed E-state index contributed by atoms with van der Waals surface area (Å²) in [6.45, 7) is 5.33. The zero-order chi connectivity index (χ0) is 33.2. The molecule has 12 heteroatoms. The van der Waals surface area contributed by atoms with Crippen molar-refractivity contribution < 1.29 is 28.5 Å². The van der Waals surface area contributed by atoms with Crippen molar-refractivity contribution >= 4 is 27.5 Å². The average molecular weight is 671 g/mol. The molecule has 6 atom stereocenters. The van der Waals surface area contributed by atoms with Crippen molar-refractivity contribution in [3.63, 3.8) is 0 Å². The maximum Gasteiger partial charge on any atom is 0.319 e. The maximum absolute atomic E-state index is 17.2. The molecule has 2 aromatic carbocycles. The first-order valence-corrected chi connectivity index (χ1v) is 17.8. The number of piperidine rings is 1. The van der Waals surface area contributed by atoms with Crippen molar-refractivity contribution in [2.75, 3.05) is 44.4 Å². The van der Waals surface area contributed by atoms with Crippen molar-refractivity contribution in [3.8, 4) is 28.9 Å². The van der Waals surface area contributed by atoms with Gasteiger partial charge in [-0.2, -0.15) is 9.97 Å². The van der Waals surface area contributed by atoms with Crippen molar-refractivity contribution in [2.45, 2.75) is 69.6 Å². The summed E-state index contributed by atoms with van der Waals surface area (Å²) < 4.78 is 45.1. The minimum atomic E-state index is -0.700. The predicted molar refractivity (Wildman–Crippen MR) is 179 cm³/mol. The van der Waals surface area contributed by atoms with E-state index in [0.29, 0.717) is 65.6 Å². The molecule has 2 saturated carbocycles. The molecular weight excluding hydrogens is 630 g/mol. The van der Waals surface area contributed by atoms with Gasteiger partial charge in [0.05, 0.1) is 19.3 Å². The van der Waals surface area contributed by atoms with Crippen molar-refractivity contribution in [1.82, 2.24) is 25.2 Å². The van der Waals surface area contributed by atoms with Crippen LogP contribution < -0.4 is 19.7 Å². The number of hydrogen-bond donors (Lipinski definition) is 3. The zero-order valence-corrected chi connectivity index (χ0v) is 27.5. The van der Waals surface area contributed by atoms with Gasteiger partial charge in [-0.15, -0.1) is 0 Å². The summed E-state index contributed by atoms with van der Waals surface area (Å²) in [7, 11) is 0. The molecule has 49 heavy (non-hydrogen) atoms. The number of phenols is 1. The highest BCUT2D eigenvalue weighted by molar-refractivity contribution is 6.03. The third-order valence-electron chi connectivity index (χ3n) is 12.3. The number of piperazine rings is 1.